The molecule has 31 heavy (non-hydrogen) atoms. The van der Waals surface area contributed by atoms with Crippen molar-refractivity contribution in [2.24, 2.45) is 0 Å². The maximum absolute atomic E-state index is 6.11. The predicted molar refractivity (Wildman–Crippen MR) is 116 cm³/mol. The summed E-state index contributed by atoms with van der Waals surface area (Å²) in [5.41, 5.74) is 3.41. The van der Waals surface area contributed by atoms with Crippen LogP contribution >= 0.6 is 0 Å². The van der Waals surface area contributed by atoms with Crippen molar-refractivity contribution in [1.29, 1.82) is 0 Å². The van der Waals surface area contributed by atoms with Gasteiger partial charge in [-0.1, -0.05) is 67.6 Å². The minimum absolute atomic E-state index is 0.220. The number of benzene rings is 2. The van der Waals surface area contributed by atoms with E-state index >= 15 is 0 Å². The van der Waals surface area contributed by atoms with Gasteiger partial charge in [-0.25, -0.2) is 4.98 Å². The van der Waals surface area contributed by atoms with Gasteiger partial charge < -0.3 is 4.74 Å². The molecule has 5 rings (SSSR count). The molecule has 0 saturated carbocycles. The van der Waals surface area contributed by atoms with Gasteiger partial charge in [0.15, 0.2) is 23.9 Å². The van der Waals surface area contributed by atoms with E-state index in [1.54, 1.807) is 10.8 Å². The summed E-state index contributed by atoms with van der Waals surface area (Å²) in [6.07, 6.45) is 2.72. The molecule has 5 aromatic rings. The highest BCUT2D eigenvalue weighted by atomic mass is 16.5. The molecule has 0 spiro atoms. The van der Waals surface area contributed by atoms with Gasteiger partial charge >= 0.3 is 0 Å². The van der Waals surface area contributed by atoms with Gasteiger partial charge in [0.25, 0.3) is 0 Å². The number of ether oxygens (including phenoxy) is 1. The minimum Gasteiger partial charge on any atom is -0.468 e. The van der Waals surface area contributed by atoms with Gasteiger partial charge in [-0.2, -0.15) is 9.61 Å². The zero-order valence-corrected chi connectivity index (χ0v) is 17.1. The Hall–Kier alpha value is -4.07. The quantitative estimate of drug-likeness (QED) is 0.402. The van der Waals surface area contributed by atoms with Gasteiger partial charge in [-0.3, -0.25) is 4.68 Å². The van der Waals surface area contributed by atoms with Crippen molar-refractivity contribution in [3.05, 3.63) is 78.9 Å². The highest BCUT2D eigenvalue weighted by Gasteiger charge is 2.16. The second kappa shape index (κ2) is 8.35. The Labute approximate surface area is 179 Å². The van der Waals surface area contributed by atoms with Crippen LogP contribution in [-0.2, 0) is 13.2 Å². The normalized spacial score (nSPS) is 11.1. The summed E-state index contributed by atoms with van der Waals surface area (Å²) in [6, 6.07) is 21.8. The molecule has 8 heteroatoms. The number of nitrogens with zero attached hydrogens (tertiary/aromatic N) is 7. The van der Waals surface area contributed by atoms with Crippen molar-refractivity contribution in [3.8, 4) is 28.4 Å². The number of rotatable bonds is 7. The third kappa shape index (κ3) is 3.87. The molecule has 0 aliphatic rings. The lowest BCUT2D eigenvalue weighted by Gasteiger charge is -2.10. The number of hydrogen-bond donors (Lipinski definition) is 0. The summed E-state index contributed by atoms with van der Waals surface area (Å²) in [4.78, 5) is 4.34. The smallest absolute Gasteiger partial charge is 0.240 e. The maximum Gasteiger partial charge on any atom is 0.240 e. The van der Waals surface area contributed by atoms with Crippen LogP contribution in [0.1, 0.15) is 19.2 Å². The minimum atomic E-state index is 0.220. The SMILES string of the molecule is CCCn1cnc(COc2nn3c(-c4ccccc4)nnc3cc2-c2ccccc2)n1. The lowest BCUT2D eigenvalue weighted by molar-refractivity contribution is 0.280. The molecule has 8 nitrogen and oxygen atoms in total. The molecular formula is C23H21N7O. The average Bonchev–Trinajstić information content (AvgIpc) is 3.45. The summed E-state index contributed by atoms with van der Waals surface area (Å²) >= 11 is 0. The van der Waals surface area contributed by atoms with Crippen LogP contribution in [0.15, 0.2) is 73.1 Å². The second-order valence-electron chi connectivity index (χ2n) is 7.10. The van der Waals surface area contributed by atoms with E-state index in [1.165, 1.54) is 0 Å². The molecule has 0 aliphatic heterocycles. The van der Waals surface area contributed by atoms with E-state index in [0.29, 0.717) is 23.2 Å². The van der Waals surface area contributed by atoms with Gasteiger partial charge in [0.05, 0.1) is 0 Å². The van der Waals surface area contributed by atoms with Crippen molar-refractivity contribution >= 4 is 5.65 Å². The monoisotopic (exact) mass is 411 g/mol. The number of aromatic nitrogens is 7. The van der Waals surface area contributed by atoms with E-state index in [0.717, 1.165) is 29.7 Å². The molecule has 3 heterocycles. The van der Waals surface area contributed by atoms with Crippen LogP contribution in [0.2, 0.25) is 0 Å². The third-order valence-corrected chi connectivity index (χ3v) is 4.85. The standard InChI is InChI=1S/C23H21N7O/c1-2-13-29-16-24-20(27-29)15-31-23-19(17-9-5-3-6-10-17)14-21-25-26-22(30(21)28-23)18-11-7-4-8-12-18/h3-12,14,16H,2,13,15H2,1H3. The van der Waals surface area contributed by atoms with E-state index in [-0.39, 0.29) is 6.61 Å². The summed E-state index contributed by atoms with van der Waals surface area (Å²) in [6.45, 7) is 3.15. The summed E-state index contributed by atoms with van der Waals surface area (Å²) in [7, 11) is 0. The molecule has 0 unspecified atom stereocenters. The molecule has 154 valence electrons. The molecule has 2 aromatic carbocycles. The van der Waals surface area contributed by atoms with Gasteiger partial charge in [-0.05, 0) is 18.1 Å². The van der Waals surface area contributed by atoms with E-state index in [2.05, 4.69) is 27.2 Å². The largest absolute Gasteiger partial charge is 0.468 e. The Morgan fingerprint density at radius 3 is 2.35 bits per heavy atom. The molecule has 0 amide bonds. The van der Waals surface area contributed by atoms with Gasteiger partial charge in [-0.15, -0.1) is 15.3 Å². The van der Waals surface area contributed by atoms with Crippen LogP contribution in [0.25, 0.3) is 28.2 Å². The first-order chi connectivity index (χ1) is 15.3. The molecule has 0 fully saturated rings. The molecule has 3 aromatic heterocycles. The number of hydrogen-bond acceptors (Lipinski definition) is 6. The van der Waals surface area contributed by atoms with E-state index in [4.69, 9.17) is 9.84 Å². The molecule has 0 bridgehead atoms. The van der Waals surface area contributed by atoms with E-state index in [9.17, 15) is 0 Å². The van der Waals surface area contributed by atoms with Gasteiger partial charge in [0.2, 0.25) is 5.88 Å². The lowest BCUT2D eigenvalue weighted by atomic mass is 10.1. The summed E-state index contributed by atoms with van der Waals surface area (Å²) in [5.74, 6) is 1.74. The molecule has 0 N–H and O–H groups in total. The Bertz CT molecular complexity index is 1300. The predicted octanol–water partition coefficient (Wildman–Crippen LogP) is 4.04. The first-order valence-electron chi connectivity index (χ1n) is 10.2. The van der Waals surface area contributed by atoms with Crippen molar-refractivity contribution < 1.29 is 4.74 Å². The fourth-order valence-electron chi connectivity index (χ4n) is 3.38. The molecule has 0 aliphatic carbocycles. The third-order valence-electron chi connectivity index (χ3n) is 4.85. The Morgan fingerprint density at radius 2 is 1.61 bits per heavy atom. The Balaban J connectivity index is 1.55. The highest BCUT2D eigenvalue weighted by Crippen LogP contribution is 2.30. The zero-order valence-electron chi connectivity index (χ0n) is 17.1. The van der Waals surface area contributed by atoms with Crippen molar-refractivity contribution in [1.82, 2.24) is 34.6 Å². The Morgan fingerprint density at radius 1 is 0.871 bits per heavy atom. The fraction of sp³-hybridized carbons (Fsp3) is 0.174. The average molecular weight is 411 g/mol. The molecular weight excluding hydrogens is 390 g/mol. The van der Waals surface area contributed by atoms with Crippen LogP contribution in [0.3, 0.4) is 0 Å². The second-order valence-corrected chi connectivity index (χ2v) is 7.10. The van der Waals surface area contributed by atoms with E-state index < -0.39 is 0 Å². The van der Waals surface area contributed by atoms with Crippen molar-refractivity contribution in [2.45, 2.75) is 26.5 Å². The molecule has 0 radical (unpaired) electrons. The van der Waals surface area contributed by atoms with Crippen molar-refractivity contribution in [2.75, 3.05) is 0 Å². The van der Waals surface area contributed by atoms with Gasteiger partial charge in [0.1, 0.15) is 6.33 Å². The maximum atomic E-state index is 6.11. The fourth-order valence-corrected chi connectivity index (χ4v) is 3.38. The zero-order chi connectivity index (χ0) is 21.0. The van der Waals surface area contributed by atoms with Gasteiger partial charge in [0, 0.05) is 17.7 Å². The highest BCUT2D eigenvalue weighted by molar-refractivity contribution is 5.72. The van der Waals surface area contributed by atoms with E-state index in [1.807, 2.05) is 71.4 Å². The first-order valence-corrected chi connectivity index (χ1v) is 10.2. The number of aryl methyl sites for hydroxylation is 1. The van der Waals surface area contributed by atoms with Crippen LogP contribution < -0.4 is 4.74 Å². The molecule has 0 atom stereocenters. The lowest BCUT2D eigenvalue weighted by Crippen LogP contribution is -2.06. The van der Waals surface area contributed by atoms with Crippen LogP contribution in [0.4, 0.5) is 0 Å². The first kappa shape index (κ1) is 18.9. The molecule has 0 saturated heterocycles. The van der Waals surface area contributed by atoms with Crippen LogP contribution in [-0.4, -0.2) is 34.6 Å². The number of fused-ring (bicyclic) bond motifs is 1. The van der Waals surface area contributed by atoms with Crippen molar-refractivity contribution in [3.63, 3.8) is 0 Å². The topological polar surface area (TPSA) is 83.0 Å². The Kier molecular flexibility index (Phi) is 5.10. The summed E-state index contributed by atoms with van der Waals surface area (Å²) < 4.78 is 9.64. The van der Waals surface area contributed by atoms with Crippen LogP contribution in [0, 0.1) is 0 Å². The van der Waals surface area contributed by atoms with Crippen LogP contribution in [0.5, 0.6) is 5.88 Å². The summed E-state index contributed by atoms with van der Waals surface area (Å²) in [5, 5.41) is 17.9.